The molecular formula is C10H19NO. The van der Waals surface area contributed by atoms with Crippen molar-refractivity contribution < 1.29 is 4.74 Å². The smallest absolute Gasteiger partial charge is 0.0702 e. The third-order valence-corrected chi connectivity index (χ3v) is 1.53. The van der Waals surface area contributed by atoms with Crippen molar-refractivity contribution in [1.82, 2.24) is 0 Å². The maximum absolute atomic E-state index is 8.47. The van der Waals surface area contributed by atoms with E-state index in [4.69, 9.17) is 10.00 Å². The lowest BCUT2D eigenvalue weighted by molar-refractivity contribution is 0.00948. The Labute approximate surface area is 75.5 Å². The first kappa shape index (κ1) is 11.4. The van der Waals surface area contributed by atoms with E-state index in [1.54, 1.807) is 0 Å². The van der Waals surface area contributed by atoms with Gasteiger partial charge in [-0.3, -0.25) is 0 Å². The molecule has 0 aromatic rings. The van der Waals surface area contributed by atoms with Gasteiger partial charge in [-0.05, 0) is 11.8 Å². The zero-order valence-corrected chi connectivity index (χ0v) is 8.55. The quantitative estimate of drug-likeness (QED) is 0.648. The minimum absolute atomic E-state index is 0.120. The molecule has 2 heteroatoms. The van der Waals surface area contributed by atoms with Gasteiger partial charge < -0.3 is 4.74 Å². The van der Waals surface area contributed by atoms with Crippen molar-refractivity contribution in [1.29, 1.82) is 5.26 Å². The summed E-state index contributed by atoms with van der Waals surface area (Å²) in [7, 11) is 0. The van der Waals surface area contributed by atoms with Crippen LogP contribution in [0.5, 0.6) is 0 Å². The highest BCUT2D eigenvalue weighted by molar-refractivity contribution is 4.76. The maximum atomic E-state index is 8.47. The lowest BCUT2D eigenvalue weighted by Gasteiger charge is -2.21. The van der Waals surface area contributed by atoms with Crippen LogP contribution in [0.4, 0.5) is 0 Å². The van der Waals surface area contributed by atoms with Crippen LogP contribution in [0.1, 0.15) is 40.5 Å². The standard InChI is InChI=1S/C10H19NO/c1-5-9(6-7-11)12-8-10(2,3)4/h9H,5-6,8H2,1-4H3. The fraction of sp³-hybridized carbons (Fsp3) is 0.900. The summed E-state index contributed by atoms with van der Waals surface area (Å²) in [5.41, 5.74) is 0.197. The van der Waals surface area contributed by atoms with Crippen molar-refractivity contribution in [3.05, 3.63) is 0 Å². The zero-order chi connectivity index (χ0) is 9.61. The highest BCUT2D eigenvalue weighted by Gasteiger charge is 2.13. The van der Waals surface area contributed by atoms with Crippen LogP contribution in [0.3, 0.4) is 0 Å². The van der Waals surface area contributed by atoms with Gasteiger partial charge in [-0.2, -0.15) is 5.26 Å². The molecule has 2 nitrogen and oxygen atoms in total. The maximum Gasteiger partial charge on any atom is 0.0702 e. The Morgan fingerprint density at radius 1 is 1.42 bits per heavy atom. The van der Waals surface area contributed by atoms with Gasteiger partial charge in [-0.25, -0.2) is 0 Å². The van der Waals surface area contributed by atoms with Crippen LogP contribution in [0, 0.1) is 16.7 Å². The number of rotatable bonds is 4. The molecular weight excluding hydrogens is 150 g/mol. The van der Waals surface area contributed by atoms with E-state index in [2.05, 4.69) is 26.8 Å². The summed E-state index contributed by atoms with van der Waals surface area (Å²) in [4.78, 5) is 0. The SMILES string of the molecule is CCC(CC#N)OCC(C)(C)C. The average Bonchev–Trinajstić information content (AvgIpc) is 1.96. The van der Waals surface area contributed by atoms with Crippen molar-refractivity contribution in [2.75, 3.05) is 6.61 Å². The first-order valence-corrected chi connectivity index (χ1v) is 4.48. The molecule has 0 aromatic carbocycles. The molecule has 70 valence electrons. The summed E-state index contributed by atoms with van der Waals surface area (Å²) in [5.74, 6) is 0. The van der Waals surface area contributed by atoms with Gasteiger partial charge in [0, 0.05) is 0 Å². The Bertz CT molecular complexity index is 152. The molecule has 0 amide bonds. The monoisotopic (exact) mass is 169 g/mol. The van der Waals surface area contributed by atoms with Gasteiger partial charge in [0.2, 0.25) is 0 Å². The normalized spacial score (nSPS) is 13.9. The van der Waals surface area contributed by atoms with Crippen LogP contribution in [-0.2, 0) is 4.74 Å². The van der Waals surface area contributed by atoms with Crippen LogP contribution in [-0.4, -0.2) is 12.7 Å². The van der Waals surface area contributed by atoms with Crippen LogP contribution >= 0.6 is 0 Å². The van der Waals surface area contributed by atoms with Gasteiger partial charge in [0.25, 0.3) is 0 Å². The molecule has 1 unspecified atom stereocenters. The first-order chi connectivity index (χ1) is 5.49. The molecule has 0 N–H and O–H groups in total. The van der Waals surface area contributed by atoms with Crippen LogP contribution in [0.2, 0.25) is 0 Å². The Morgan fingerprint density at radius 2 is 2.00 bits per heavy atom. The van der Waals surface area contributed by atoms with Gasteiger partial charge >= 0.3 is 0 Å². The van der Waals surface area contributed by atoms with E-state index in [-0.39, 0.29) is 11.5 Å². The summed E-state index contributed by atoms with van der Waals surface area (Å²) in [6.45, 7) is 9.17. The fourth-order valence-electron chi connectivity index (χ4n) is 0.791. The third kappa shape index (κ3) is 6.18. The van der Waals surface area contributed by atoms with E-state index in [1.807, 2.05) is 6.92 Å². The first-order valence-electron chi connectivity index (χ1n) is 4.48. The molecule has 0 aliphatic rings. The number of hydrogen-bond donors (Lipinski definition) is 0. The van der Waals surface area contributed by atoms with Crippen molar-refractivity contribution in [2.45, 2.75) is 46.6 Å². The Kier molecular flexibility index (Phi) is 4.92. The van der Waals surface area contributed by atoms with Gasteiger partial charge in [-0.15, -0.1) is 0 Å². The predicted octanol–water partition coefficient (Wildman–Crippen LogP) is 2.74. The fourth-order valence-corrected chi connectivity index (χ4v) is 0.791. The largest absolute Gasteiger partial charge is 0.377 e. The molecule has 0 spiro atoms. The van der Waals surface area contributed by atoms with Crippen molar-refractivity contribution in [3.63, 3.8) is 0 Å². The van der Waals surface area contributed by atoms with E-state index in [0.29, 0.717) is 6.42 Å². The van der Waals surface area contributed by atoms with Crippen molar-refractivity contribution >= 4 is 0 Å². The molecule has 1 atom stereocenters. The van der Waals surface area contributed by atoms with Crippen LogP contribution in [0.25, 0.3) is 0 Å². The van der Waals surface area contributed by atoms with E-state index in [1.165, 1.54) is 0 Å². The second-order valence-electron chi connectivity index (χ2n) is 4.26. The Hall–Kier alpha value is -0.550. The molecule has 12 heavy (non-hydrogen) atoms. The van der Waals surface area contributed by atoms with Crippen molar-refractivity contribution in [3.8, 4) is 6.07 Å². The molecule has 0 aliphatic carbocycles. The number of hydrogen-bond acceptors (Lipinski definition) is 2. The minimum atomic E-state index is 0.120. The molecule has 0 aliphatic heterocycles. The van der Waals surface area contributed by atoms with E-state index >= 15 is 0 Å². The summed E-state index contributed by atoms with van der Waals surface area (Å²) in [6.07, 6.45) is 1.55. The minimum Gasteiger partial charge on any atom is -0.377 e. The zero-order valence-electron chi connectivity index (χ0n) is 8.55. The molecule has 0 rings (SSSR count). The van der Waals surface area contributed by atoms with Gasteiger partial charge in [0.05, 0.1) is 25.2 Å². The van der Waals surface area contributed by atoms with E-state index in [9.17, 15) is 0 Å². The Balaban J connectivity index is 3.67. The molecule has 0 heterocycles. The van der Waals surface area contributed by atoms with Gasteiger partial charge in [0.15, 0.2) is 0 Å². The van der Waals surface area contributed by atoms with E-state index in [0.717, 1.165) is 13.0 Å². The average molecular weight is 169 g/mol. The number of nitrogens with zero attached hydrogens (tertiary/aromatic N) is 1. The molecule has 0 radical (unpaired) electrons. The van der Waals surface area contributed by atoms with Gasteiger partial charge in [0.1, 0.15) is 0 Å². The second kappa shape index (κ2) is 5.16. The summed E-state index contributed by atoms with van der Waals surface area (Å²) in [6, 6.07) is 2.13. The summed E-state index contributed by atoms with van der Waals surface area (Å²) >= 11 is 0. The number of nitriles is 1. The molecule has 0 fully saturated rings. The van der Waals surface area contributed by atoms with Crippen LogP contribution in [0.15, 0.2) is 0 Å². The molecule has 0 bridgehead atoms. The van der Waals surface area contributed by atoms with Crippen LogP contribution < -0.4 is 0 Å². The third-order valence-electron chi connectivity index (χ3n) is 1.53. The summed E-state index contributed by atoms with van der Waals surface area (Å²) < 4.78 is 5.57. The second-order valence-corrected chi connectivity index (χ2v) is 4.26. The molecule has 0 saturated heterocycles. The molecule has 0 aromatic heterocycles. The topological polar surface area (TPSA) is 33.0 Å². The summed E-state index contributed by atoms with van der Waals surface area (Å²) in [5, 5.41) is 8.47. The van der Waals surface area contributed by atoms with Crippen molar-refractivity contribution in [2.24, 2.45) is 5.41 Å². The molecule has 0 saturated carbocycles. The highest BCUT2D eigenvalue weighted by atomic mass is 16.5. The Morgan fingerprint density at radius 3 is 2.33 bits per heavy atom. The lowest BCUT2D eigenvalue weighted by atomic mass is 9.98. The predicted molar refractivity (Wildman–Crippen MR) is 49.7 cm³/mol. The highest BCUT2D eigenvalue weighted by Crippen LogP contribution is 2.15. The van der Waals surface area contributed by atoms with Gasteiger partial charge in [-0.1, -0.05) is 27.7 Å². The van der Waals surface area contributed by atoms with E-state index < -0.39 is 0 Å². The lowest BCUT2D eigenvalue weighted by Crippen LogP contribution is -2.20. The number of ether oxygens (including phenoxy) is 1.